The van der Waals surface area contributed by atoms with Crippen LogP contribution < -0.4 is 5.32 Å². The van der Waals surface area contributed by atoms with E-state index in [1.54, 1.807) is 34.8 Å². The van der Waals surface area contributed by atoms with Gasteiger partial charge in [0.15, 0.2) is 5.82 Å². The smallest absolute Gasteiger partial charge is 0.224 e. The molecule has 1 fully saturated rings. The lowest BCUT2D eigenvalue weighted by Crippen LogP contribution is -2.41. The summed E-state index contributed by atoms with van der Waals surface area (Å²) in [5, 5.41) is 4.72. The van der Waals surface area contributed by atoms with Gasteiger partial charge in [0, 0.05) is 43.3 Å². The number of rotatable bonds is 3. The van der Waals surface area contributed by atoms with Gasteiger partial charge < -0.3 is 10.2 Å². The highest BCUT2D eigenvalue weighted by Gasteiger charge is 2.27. The van der Waals surface area contributed by atoms with Crippen molar-refractivity contribution in [2.75, 3.05) is 18.9 Å². The SMILES string of the molecule is CN1CCC(Nc2nc(-c3cnccn3)nc3sc4c(c23)CCCC4)CC1=O. The van der Waals surface area contributed by atoms with Crippen molar-refractivity contribution in [1.82, 2.24) is 24.8 Å². The summed E-state index contributed by atoms with van der Waals surface area (Å²) in [6, 6.07) is 0.0932. The second-order valence-corrected chi connectivity index (χ2v) is 8.61. The average Bonchev–Trinajstić information content (AvgIpc) is 3.10. The van der Waals surface area contributed by atoms with Crippen LogP contribution in [-0.2, 0) is 17.6 Å². The molecular weight excluding hydrogens is 372 g/mol. The van der Waals surface area contributed by atoms with Crippen LogP contribution in [0.25, 0.3) is 21.7 Å². The van der Waals surface area contributed by atoms with Gasteiger partial charge in [0.05, 0.1) is 11.6 Å². The van der Waals surface area contributed by atoms with E-state index in [4.69, 9.17) is 9.97 Å². The predicted octanol–water partition coefficient (Wildman–Crippen LogP) is 3.06. The summed E-state index contributed by atoms with van der Waals surface area (Å²) in [6.45, 7) is 0.767. The Bertz CT molecular complexity index is 1030. The van der Waals surface area contributed by atoms with Gasteiger partial charge in [0.1, 0.15) is 16.3 Å². The minimum atomic E-state index is 0.0932. The van der Waals surface area contributed by atoms with Crippen LogP contribution >= 0.6 is 11.3 Å². The average molecular weight is 395 g/mol. The molecule has 8 heteroatoms. The number of carbonyl (C=O) groups is 1. The van der Waals surface area contributed by atoms with E-state index >= 15 is 0 Å². The Labute approximate surface area is 167 Å². The quantitative estimate of drug-likeness (QED) is 0.735. The van der Waals surface area contributed by atoms with Gasteiger partial charge >= 0.3 is 0 Å². The summed E-state index contributed by atoms with van der Waals surface area (Å²) < 4.78 is 0. The molecule has 1 aliphatic carbocycles. The zero-order valence-electron chi connectivity index (χ0n) is 15.8. The van der Waals surface area contributed by atoms with Crippen molar-refractivity contribution in [3.8, 4) is 11.5 Å². The van der Waals surface area contributed by atoms with Gasteiger partial charge in [-0.15, -0.1) is 11.3 Å². The molecule has 5 rings (SSSR count). The monoisotopic (exact) mass is 394 g/mol. The van der Waals surface area contributed by atoms with Crippen molar-refractivity contribution in [3.63, 3.8) is 0 Å². The van der Waals surface area contributed by atoms with Crippen molar-refractivity contribution < 1.29 is 4.79 Å². The first-order chi connectivity index (χ1) is 13.7. The second-order valence-electron chi connectivity index (χ2n) is 7.53. The summed E-state index contributed by atoms with van der Waals surface area (Å²) in [4.78, 5) is 34.6. The normalized spacial score (nSPS) is 19.7. The number of amides is 1. The van der Waals surface area contributed by atoms with E-state index in [9.17, 15) is 4.79 Å². The Morgan fingerprint density at radius 1 is 1.21 bits per heavy atom. The van der Waals surface area contributed by atoms with E-state index in [2.05, 4.69) is 15.3 Å². The molecule has 0 bridgehead atoms. The van der Waals surface area contributed by atoms with Crippen molar-refractivity contribution in [1.29, 1.82) is 0 Å². The number of hydrogen-bond acceptors (Lipinski definition) is 7. The van der Waals surface area contributed by atoms with Crippen LogP contribution in [0.2, 0.25) is 0 Å². The molecule has 0 radical (unpaired) electrons. The van der Waals surface area contributed by atoms with E-state index in [0.717, 1.165) is 41.8 Å². The first-order valence-electron chi connectivity index (χ1n) is 9.78. The fourth-order valence-corrected chi connectivity index (χ4v) is 5.31. The number of aryl methyl sites for hydroxylation is 2. The summed E-state index contributed by atoms with van der Waals surface area (Å²) >= 11 is 1.77. The third-order valence-electron chi connectivity index (χ3n) is 5.61. The lowest BCUT2D eigenvalue weighted by atomic mass is 9.96. The van der Waals surface area contributed by atoms with Crippen LogP contribution in [0.15, 0.2) is 18.6 Å². The van der Waals surface area contributed by atoms with Crippen LogP contribution in [0.5, 0.6) is 0 Å². The van der Waals surface area contributed by atoms with E-state index in [1.165, 1.54) is 23.3 Å². The fourth-order valence-electron chi connectivity index (χ4n) is 4.05. The van der Waals surface area contributed by atoms with Gasteiger partial charge in [-0.05, 0) is 37.7 Å². The molecule has 1 N–H and O–H groups in total. The molecule has 0 spiro atoms. The molecule has 3 aromatic rings. The molecule has 4 heterocycles. The maximum atomic E-state index is 12.2. The number of thiophene rings is 1. The molecule has 28 heavy (non-hydrogen) atoms. The van der Waals surface area contributed by atoms with Crippen LogP contribution in [0.3, 0.4) is 0 Å². The zero-order chi connectivity index (χ0) is 19.1. The number of anilines is 1. The lowest BCUT2D eigenvalue weighted by Gasteiger charge is -2.29. The van der Waals surface area contributed by atoms with Crippen LogP contribution in [0, 0.1) is 0 Å². The van der Waals surface area contributed by atoms with Crippen LogP contribution in [0.1, 0.15) is 36.1 Å². The minimum Gasteiger partial charge on any atom is -0.366 e. The maximum absolute atomic E-state index is 12.2. The van der Waals surface area contributed by atoms with E-state index in [-0.39, 0.29) is 11.9 Å². The van der Waals surface area contributed by atoms with Crippen molar-refractivity contribution in [3.05, 3.63) is 29.0 Å². The molecule has 0 aromatic carbocycles. The van der Waals surface area contributed by atoms with Gasteiger partial charge in [-0.1, -0.05) is 0 Å². The molecule has 1 aliphatic heterocycles. The molecule has 0 saturated carbocycles. The predicted molar refractivity (Wildman–Crippen MR) is 109 cm³/mol. The largest absolute Gasteiger partial charge is 0.366 e. The highest BCUT2D eigenvalue weighted by Crippen LogP contribution is 2.39. The van der Waals surface area contributed by atoms with Gasteiger partial charge in [-0.25, -0.2) is 15.0 Å². The summed E-state index contributed by atoms with van der Waals surface area (Å²) in [6.07, 6.45) is 11.0. The highest BCUT2D eigenvalue weighted by atomic mass is 32.1. The van der Waals surface area contributed by atoms with Crippen molar-refractivity contribution in [2.45, 2.75) is 44.6 Å². The van der Waals surface area contributed by atoms with Gasteiger partial charge in [0.25, 0.3) is 0 Å². The van der Waals surface area contributed by atoms with E-state index in [1.807, 2.05) is 7.05 Å². The first-order valence-corrected chi connectivity index (χ1v) is 10.6. The zero-order valence-corrected chi connectivity index (χ0v) is 16.6. The molecule has 7 nitrogen and oxygen atoms in total. The molecule has 1 atom stereocenters. The Morgan fingerprint density at radius 2 is 2.11 bits per heavy atom. The summed E-state index contributed by atoms with van der Waals surface area (Å²) in [7, 11) is 1.86. The van der Waals surface area contributed by atoms with Crippen molar-refractivity contribution >= 4 is 33.3 Å². The first kappa shape index (κ1) is 17.5. The Kier molecular flexibility index (Phi) is 4.43. The number of likely N-dealkylation sites (tertiary alicyclic amines) is 1. The Morgan fingerprint density at radius 3 is 2.93 bits per heavy atom. The lowest BCUT2D eigenvalue weighted by molar-refractivity contribution is -0.132. The third-order valence-corrected chi connectivity index (χ3v) is 6.79. The highest BCUT2D eigenvalue weighted by molar-refractivity contribution is 7.19. The van der Waals surface area contributed by atoms with E-state index < -0.39 is 0 Å². The second kappa shape index (κ2) is 7.09. The number of nitrogens with zero attached hydrogens (tertiary/aromatic N) is 5. The number of piperidine rings is 1. The molecule has 144 valence electrons. The van der Waals surface area contributed by atoms with Crippen molar-refractivity contribution in [2.24, 2.45) is 0 Å². The minimum absolute atomic E-state index is 0.0932. The number of hydrogen-bond donors (Lipinski definition) is 1. The molecule has 1 amide bonds. The standard InChI is InChI=1S/C20H22N6OS/c1-26-9-6-12(10-16(26)27)23-19-17-13-4-2-3-5-15(13)28-20(17)25-18(24-19)14-11-21-7-8-22-14/h7-8,11-12H,2-6,9-10H2,1H3,(H,23,24,25). The Balaban J connectivity index is 1.60. The number of carbonyl (C=O) groups excluding carboxylic acids is 1. The number of aromatic nitrogens is 4. The summed E-state index contributed by atoms with van der Waals surface area (Å²) in [5.74, 6) is 1.60. The molecule has 2 aliphatic rings. The topological polar surface area (TPSA) is 83.9 Å². The molecule has 1 unspecified atom stereocenters. The maximum Gasteiger partial charge on any atom is 0.224 e. The van der Waals surface area contributed by atoms with Crippen LogP contribution in [-0.4, -0.2) is 50.4 Å². The van der Waals surface area contributed by atoms with Gasteiger partial charge in [-0.3, -0.25) is 9.78 Å². The van der Waals surface area contributed by atoms with Gasteiger partial charge in [-0.2, -0.15) is 0 Å². The molecular formula is C20H22N6OS. The molecule has 1 saturated heterocycles. The fraction of sp³-hybridized carbons (Fsp3) is 0.450. The number of fused-ring (bicyclic) bond motifs is 3. The third kappa shape index (κ3) is 3.11. The summed E-state index contributed by atoms with van der Waals surface area (Å²) in [5.41, 5.74) is 2.05. The Hall–Kier alpha value is -2.61. The van der Waals surface area contributed by atoms with Crippen LogP contribution in [0.4, 0.5) is 5.82 Å². The van der Waals surface area contributed by atoms with Gasteiger partial charge in [0.2, 0.25) is 5.91 Å². The number of nitrogens with one attached hydrogen (secondary N) is 1. The molecule has 3 aromatic heterocycles. The van der Waals surface area contributed by atoms with E-state index in [0.29, 0.717) is 17.9 Å².